The Kier molecular flexibility index (Phi) is 3.76. The molecule has 1 aliphatic rings. The van der Waals surface area contributed by atoms with Crippen LogP contribution < -0.4 is 9.47 Å². The van der Waals surface area contributed by atoms with E-state index in [0.717, 1.165) is 12.1 Å². The van der Waals surface area contributed by atoms with E-state index in [1.54, 1.807) is 14.2 Å². The zero-order chi connectivity index (χ0) is 13.1. The third-order valence-corrected chi connectivity index (χ3v) is 3.16. The average Bonchev–Trinajstić information content (AvgIpc) is 2.78. The van der Waals surface area contributed by atoms with Crippen molar-refractivity contribution < 1.29 is 9.47 Å². The van der Waals surface area contributed by atoms with Crippen LogP contribution in [-0.2, 0) is 0 Å². The summed E-state index contributed by atoms with van der Waals surface area (Å²) in [5.74, 6) is 1.38. The number of ether oxygens (including phenoxy) is 2. The molecular weight excluding hydrogens is 250 g/mol. The molecule has 0 aromatic heterocycles. The Balaban J connectivity index is 2.34. The average molecular weight is 265 g/mol. The molecule has 0 N–H and O–H groups in total. The second-order valence-electron chi connectivity index (χ2n) is 3.77. The fourth-order valence-electron chi connectivity index (χ4n) is 1.90. The smallest absolute Gasteiger partial charge is 0.218 e. The van der Waals surface area contributed by atoms with Crippen molar-refractivity contribution in [2.45, 2.75) is 13.1 Å². The molecule has 1 aromatic carbocycles. The number of hydrogen-bond donors (Lipinski definition) is 0. The van der Waals surface area contributed by atoms with Crippen LogP contribution in [0.2, 0.25) is 0 Å². The van der Waals surface area contributed by atoms with E-state index < -0.39 is 0 Å². The fourth-order valence-corrected chi connectivity index (χ4v) is 2.17. The van der Waals surface area contributed by atoms with Crippen LogP contribution in [0.4, 0.5) is 0 Å². The van der Waals surface area contributed by atoms with Crippen molar-refractivity contribution >= 4 is 17.3 Å². The number of azo groups is 1. The molecule has 0 saturated heterocycles. The topological polar surface area (TPSA) is 46.4 Å². The molecule has 2 rings (SSSR count). The van der Waals surface area contributed by atoms with E-state index in [9.17, 15) is 0 Å². The maximum absolute atomic E-state index is 5.28. The highest BCUT2D eigenvalue weighted by Crippen LogP contribution is 2.34. The van der Waals surface area contributed by atoms with Crippen molar-refractivity contribution in [2.24, 2.45) is 10.2 Å². The lowest BCUT2D eigenvalue weighted by molar-refractivity contribution is 0.345. The molecule has 0 spiro atoms. The van der Waals surface area contributed by atoms with E-state index in [-0.39, 0.29) is 6.17 Å². The summed E-state index contributed by atoms with van der Waals surface area (Å²) in [7, 11) is 3.22. The van der Waals surface area contributed by atoms with Gasteiger partial charge in [0.1, 0.15) is 0 Å². The molecule has 0 aliphatic carbocycles. The second-order valence-corrected chi connectivity index (χ2v) is 4.14. The van der Waals surface area contributed by atoms with Crippen molar-refractivity contribution in [2.75, 3.05) is 20.8 Å². The summed E-state index contributed by atoms with van der Waals surface area (Å²) in [6.45, 7) is 2.79. The lowest BCUT2D eigenvalue weighted by atomic mass is 10.1. The first-order chi connectivity index (χ1) is 8.71. The highest BCUT2D eigenvalue weighted by Gasteiger charge is 2.27. The first kappa shape index (κ1) is 12.8. The summed E-state index contributed by atoms with van der Waals surface area (Å²) in [6.07, 6.45) is -0.165. The molecule has 0 fully saturated rings. The standard InChI is InChI=1S/C12H15N3O2S/c1-4-15-11(13-14-12(15)18)8-5-6-9(16-2)10(7-8)17-3/h5-7,11H,4H2,1-3H3. The maximum Gasteiger partial charge on any atom is 0.218 e. The number of methoxy groups -OCH3 is 2. The van der Waals surface area contributed by atoms with Crippen LogP contribution in [0.5, 0.6) is 11.5 Å². The normalized spacial score (nSPS) is 18.3. The van der Waals surface area contributed by atoms with E-state index >= 15 is 0 Å². The van der Waals surface area contributed by atoms with Gasteiger partial charge in [0.15, 0.2) is 17.7 Å². The second kappa shape index (κ2) is 5.30. The third-order valence-electron chi connectivity index (χ3n) is 2.84. The third kappa shape index (κ3) is 2.15. The first-order valence-corrected chi connectivity index (χ1v) is 6.05. The summed E-state index contributed by atoms with van der Waals surface area (Å²) in [4.78, 5) is 1.95. The monoisotopic (exact) mass is 265 g/mol. The van der Waals surface area contributed by atoms with Crippen molar-refractivity contribution in [1.82, 2.24) is 4.90 Å². The largest absolute Gasteiger partial charge is 0.493 e. The Morgan fingerprint density at radius 1 is 1.28 bits per heavy atom. The molecule has 0 radical (unpaired) electrons. The van der Waals surface area contributed by atoms with Crippen LogP contribution in [0.1, 0.15) is 18.7 Å². The van der Waals surface area contributed by atoms with Gasteiger partial charge in [0.2, 0.25) is 5.11 Å². The minimum atomic E-state index is -0.165. The van der Waals surface area contributed by atoms with Gasteiger partial charge in [-0.05, 0) is 31.3 Å². The molecule has 6 heteroatoms. The minimum Gasteiger partial charge on any atom is -0.493 e. The summed E-state index contributed by atoms with van der Waals surface area (Å²) in [5.41, 5.74) is 0.984. The van der Waals surface area contributed by atoms with Gasteiger partial charge in [-0.25, -0.2) is 0 Å². The quantitative estimate of drug-likeness (QED) is 0.785. The summed E-state index contributed by atoms with van der Waals surface area (Å²) < 4.78 is 10.5. The predicted molar refractivity (Wildman–Crippen MR) is 72.1 cm³/mol. The van der Waals surface area contributed by atoms with E-state index in [1.165, 1.54) is 0 Å². The zero-order valence-corrected chi connectivity index (χ0v) is 11.4. The van der Waals surface area contributed by atoms with Crippen LogP contribution >= 0.6 is 12.2 Å². The molecule has 0 bridgehead atoms. The minimum absolute atomic E-state index is 0.165. The first-order valence-electron chi connectivity index (χ1n) is 5.64. The molecule has 1 aromatic rings. The molecule has 1 heterocycles. The van der Waals surface area contributed by atoms with Gasteiger partial charge in [-0.1, -0.05) is 6.07 Å². The molecule has 0 amide bonds. The van der Waals surface area contributed by atoms with Crippen molar-refractivity contribution in [3.8, 4) is 11.5 Å². The fraction of sp³-hybridized carbons (Fsp3) is 0.417. The number of thiocarbonyl (C=S) groups is 1. The molecular formula is C12H15N3O2S. The molecule has 1 unspecified atom stereocenters. The SMILES string of the molecule is CCN1C(=S)N=NC1c1ccc(OC)c(OC)c1. The van der Waals surface area contributed by atoms with Gasteiger partial charge < -0.3 is 14.4 Å². The Morgan fingerprint density at radius 2 is 2.00 bits per heavy atom. The Labute approximate surface area is 111 Å². The summed E-state index contributed by atoms with van der Waals surface area (Å²) >= 11 is 5.14. The number of benzene rings is 1. The Hall–Kier alpha value is -1.69. The number of nitrogens with zero attached hydrogens (tertiary/aromatic N) is 3. The highest BCUT2D eigenvalue weighted by atomic mass is 32.1. The van der Waals surface area contributed by atoms with E-state index in [4.69, 9.17) is 21.7 Å². The van der Waals surface area contributed by atoms with Crippen LogP contribution in [0.3, 0.4) is 0 Å². The number of rotatable bonds is 4. The van der Waals surface area contributed by atoms with Crippen LogP contribution in [-0.4, -0.2) is 30.8 Å². The number of hydrogen-bond acceptors (Lipinski definition) is 4. The van der Waals surface area contributed by atoms with E-state index in [2.05, 4.69) is 10.2 Å². The lowest BCUT2D eigenvalue weighted by Crippen LogP contribution is -2.26. The van der Waals surface area contributed by atoms with Gasteiger partial charge in [0.25, 0.3) is 0 Å². The lowest BCUT2D eigenvalue weighted by Gasteiger charge is -2.22. The van der Waals surface area contributed by atoms with Gasteiger partial charge in [0.05, 0.1) is 14.2 Å². The molecule has 1 atom stereocenters. The molecule has 18 heavy (non-hydrogen) atoms. The Bertz CT molecular complexity index is 490. The molecule has 1 aliphatic heterocycles. The van der Waals surface area contributed by atoms with Crippen LogP contribution in [0, 0.1) is 0 Å². The van der Waals surface area contributed by atoms with Crippen molar-refractivity contribution in [3.05, 3.63) is 23.8 Å². The van der Waals surface area contributed by atoms with Gasteiger partial charge in [-0.2, -0.15) is 5.11 Å². The zero-order valence-electron chi connectivity index (χ0n) is 10.6. The molecule has 0 saturated carbocycles. The van der Waals surface area contributed by atoms with Gasteiger partial charge in [0, 0.05) is 12.1 Å². The summed E-state index contributed by atoms with van der Waals surface area (Å²) in [6, 6.07) is 5.71. The highest BCUT2D eigenvalue weighted by molar-refractivity contribution is 7.80. The van der Waals surface area contributed by atoms with Gasteiger partial charge in [-0.15, -0.1) is 5.11 Å². The predicted octanol–water partition coefficient (Wildman–Crippen LogP) is 2.78. The van der Waals surface area contributed by atoms with Crippen molar-refractivity contribution in [3.63, 3.8) is 0 Å². The van der Waals surface area contributed by atoms with Gasteiger partial charge >= 0.3 is 0 Å². The van der Waals surface area contributed by atoms with E-state index in [1.807, 2.05) is 30.0 Å². The Morgan fingerprint density at radius 3 is 2.61 bits per heavy atom. The summed E-state index contributed by atoms with van der Waals surface area (Å²) in [5, 5.41) is 8.66. The van der Waals surface area contributed by atoms with E-state index in [0.29, 0.717) is 16.6 Å². The van der Waals surface area contributed by atoms with Crippen LogP contribution in [0.15, 0.2) is 28.4 Å². The molecule has 96 valence electrons. The maximum atomic E-state index is 5.28. The van der Waals surface area contributed by atoms with Gasteiger partial charge in [-0.3, -0.25) is 0 Å². The van der Waals surface area contributed by atoms with Crippen LogP contribution in [0.25, 0.3) is 0 Å². The molecule has 5 nitrogen and oxygen atoms in total. The van der Waals surface area contributed by atoms with Crippen molar-refractivity contribution in [1.29, 1.82) is 0 Å².